The molecule has 0 N–H and O–H groups in total. The first-order chi connectivity index (χ1) is 10.4. The number of pyridine rings is 1. The molecule has 1 saturated heterocycles. The summed E-state index contributed by atoms with van der Waals surface area (Å²) in [5.74, 6) is 0.439. The van der Waals surface area contributed by atoms with E-state index in [1.165, 1.54) is 4.31 Å². The number of anilines is 1. The van der Waals surface area contributed by atoms with Crippen LogP contribution in [0.5, 0.6) is 0 Å². The predicted octanol–water partition coefficient (Wildman–Crippen LogP) is 1.15. The number of rotatable bonds is 3. The van der Waals surface area contributed by atoms with Gasteiger partial charge < -0.3 is 0 Å². The number of nitrogens with zero attached hydrogens (tertiary/aromatic N) is 2. The third kappa shape index (κ3) is 3.41. The molecule has 0 saturated carbocycles. The molecule has 0 bridgehead atoms. The van der Waals surface area contributed by atoms with Crippen molar-refractivity contribution in [3.63, 3.8) is 0 Å². The Labute approximate surface area is 135 Å². The molecule has 1 aromatic heterocycles. The minimum Gasteiger partial charge on any atom is -0.267 e. The van der Waals surface area contributed by atoms with Crippen molar-refractivity contribution in [3.05, 3.63) is 18.5 Å². The first kappa shape index (κ1) is 16.1. The summed E-state index contributed by atoms with van der Waals surface area (Å²) in [6, 6.07) is 1.81. The molecule has 6 nitrogen and oxygen atoms in total. The molecule has 2 aliphatic rings. The van der Waals surface area contributed by atoms with Gasteiger partial charge >= 0.3 is 0 Å². The van der Waals surface area contributed by atoms with Gasteiger partial charge in [-0.3, -0.25) is 9.29 Å². The highest BCUT2D eigenvalue weighted by Crippen LogP contribution is 2.36. The molecule has 3 heterocycles. The van der Waals surface area contributed by atoms with Gasteiger partial charge in [-0.05, 0) is 24.8 Å². The highest BCUT2D eigenvalue weighted by Gasteiger charge is 2.33. The molecule has 22 heavy (non-hydrogen) atoms. The lowest BCUT2D eigenvalue weighted by Crippen LogP contribution is -2.41. The Bertz CT molecular complexity index is 761. The molecule has 122 valence electrons. The quantitative estimate of drug-likeness (QED) is 0.802. The van der Waals surface area contributed by atoms with Crippen LogP contribution in [0.1, 0.15) is 12.8 Å². The highest BCUT2D eigenvalue weighted by atomic mass is 32.2. The zero-order valence-corrected chi connectivity index (χ0v) is 14.5. The summed E-state index contributed by atoms with van der Waals surface area (Å²) in [5.41, 5.74) is 0.609. The second kappa shape index (κ2) is 6.01. The van der Waals surface area contributed by atoms with E-state index in [1.54, 1.807) is 24.2 Å². The van der Waals surface area contributed by atoms with Crippen molar-refractivity contribution >= 4 is 37.3 Å². The maximum Gasteiger partial charge on any atom is 0.235 e. The molecule has 1 unspecified atom stereocenters. The molecule has 0 spiro atoms. The zero-order valence-electron chi connectivity index (χ0n) is 12.0. The van der Waals surface area contributed by atoms with Crippen LogP contribution in [0.25, 0.3) is 0 Å². The van der Waals surface area contributed by atoms with Crippen LogP contribution in [0.4, 0.5) is 5.69 Å². The van der Waals surface area contributed by atoms with Gasteiger partial charge in [0.2, 0.25) is 10.0 Å². The monoisotopic (exact) mass is 362 g/mol. The molecular formula is C13H18N2O4S3. The average Bonchev–Trinajstić information content (AvgIpc) is 2.45. The minimum atomic E-state index is -3.53. The Morgan fingerprint density at radius 3 is 3.00 bits per heavy atom. The maximum atomic E-state index is 12.7. The SMILES string of the molecule is O=S1(=O)CCCC(CS(=O)(=O)N2CCSc3ccncc32)C1. The summed E-state index contributed by atoms with van der Waals surface area (Å²) in [6.07, 6.45) is 4.42. The van der Waals surface area contributed by atoms with E-state index in [-0.39, 0.29) is 23.2 Å². The van der Waals surface area contributed by atoms with Crippen LogP contribution in [-0.2, 0) is 19.9 Å². The number of thioether (sulfide) groups is 1. The van der Waals surface area contributed by atoms with Crippen LogP contribution in [0, 0.1) is 5.92 Å². The Hall–Kier alpha value is -0.800. The Kier molecular flexibility index (Phi) is 4.39. The normalized spacial score (nSPS) is 24.7. The fraction of sp³-hybridized carbons (Fsp3) is 0.615. The fourth-order valence-corrected chi connectivity index (χ4v) is 7.90. The van der Waals surface area contributed by atoms with E-state index in [0.29, 0.717) is 30.8 Å². The zero-order chi connectivity index (χ0) is 15.8. The van der Waals surface area contributed by atoms with Crippen molar-refractivity contribution in [2.75, 3.05) is 33.9 Å². The van der Waals surface area contributed by atoms with Crippen molar-refractivity contribution in [2.24, 2.45) is 5.92 Å². The Morgan fingerprint density at radius 1 is 1.41 bits per heavy atom. The molecule has 1 aromatic rings. The van der Waals surface area contributed by atoms with Gasteiger partial charge in [-0.2, -0.15) is 0 Å². The number of aromatic nitrogens is 1. The van der Waals surface area contributed by atoms with E-state index in [9.17, 15) is 16.8 Å². The van der Waals surface area contributed by atoms with Gasteiger partial charge in [-0.1, -0.05) is 0 Å². The van der Waals surface area contributed by atoms with Crippen LogP contribution in [0.15, 0.2) is 23.4 Å². The Balaban J connectivity index is 1.82. The van der Waals surface area contributed by atoms with Gasteiger partial charge in [0.15, 0.2) is 9.84 Å². The predicted molar refractivity (Wildman–Crippen MR) is 87.5 cm³/mol. The van der Waals surface area contributed by atoms with Gasteiger partial charge in [0, 0.05) is 23.4 Å². The van der Waals surface area contributed by atoms with E-state index in [2.05, 4.69) is 4.98 Å². The third-order valence-corrected chi connectivity index (χ3v) is 8.80. The van der Waals surface area contributed by atoms with Gasteiger partial charge in [0.05, 0.1) is 29.1 Å². The third-order valence-electron chi connectivity index (χ3n) is 3.92. The molecule has 0 aliphatic carbocycles. The molecule has 1 atom stereocenters. The molecule has 3 rings (SSSR count). The fourth-order valence-electron chi connectivity index (χ4n) is 2.97. The van der Waals surface area contributed by atoms with Crippen LogP contribution in [0.2, 0.25) is 0 Å². The first-order valence-electron chi connectivity index (χ1n) is 7.15. The van der Waals surface area contributed by atoms with Crippen LogP contribution in [-0.4, -0.2) is 51.4 Å². The number of hydrogen-bond donors (Lipinski definition) is 0. The van der Waals surface area contributed by atoms with E-state index in [0.717, 1.165) is 4.90 Å². The molecule has 2 aliphatic heterocycles. The molecule has 0 radical (unpaired) electrons. The summed E-state index contributed by atoms with van der Waals surface area (Å²) in [6.45, 7) is 0.408. The molecule has 0 aromatic carbocycles. The number of sulfone groups is 1. The van der Waals surface area contributed by atoms with Crippen molar-refractivity contribution in [1.29, 1.82) is 0 Å². The van der Waals surface area contributed by atoms with Gasteiger partial charge in [-0.25, -0.2) is 16.8 Å². The first-order valence-corrected chi connectivity index (χ1v) is 11.6. The van der Waals surface area contributed by atoms with E-state index >= 15 is 0 Å². The number of hydrogen-bond acceptors (Lipinski definition) is 6. The highest BCUT2D eigenvalue weighted by molar-refractivity contribution is 8.00. The summed E-state index contributed by atoms with van der Waals surface area (Å²) in [7, 11) is -6.63. The number of fused-ring (bicyclic) bond motifs is 1. The molecule has 9 heteroatoms. The lowest BCUT2D eigenvalue weighted by molar-refractivity contribution is 0.507. The second-order valence-corrected chi connectivity index (χ2v) is 11.0. The smallest absolute Gasteiger partial charge is 0.235 e. The largest absolute Gasteiger partial charge is 0.267 e. The van der Waals surface area contributed by atoms with Crippen LogP contribution < -0.4 is 4.31 Å². The van der Waals surface area contributed by atoms with E-state index in [1.807, 2.05) is 6.07 Å². The average molecular weight is 362 g/mol. The lowest BCUT2D eigenvalue weighted by atomic mass is 10.1. The van der Waals surface area contributed by atoms with Crippen molar-refractivity contribution in [2.45, 2.75) is 17.7 Å². The van der Waals surface area contributed by atoms with Crippen molar-refractivity contribution < 1.29 is 16.8 Å². The summed E-state index contributed by atoms with van der Waals surface area (Å²) in [4.78, 5) is 4.92. The van der Waals surface area contributed by atoms with E-state index in [4.69, 9.17) is 0 Å². The van der Waals surface area contributed by atoms with Crippen molar-refractivity contribution in [1.82, 2.24) is 4.98 Å². The van der Waals surface area contributed by atoms with Gasteiger partial charge in [-0.15, -0.1) is 11.8 Å². The topological polar surface area (TPSA) is 84.4 Å². The number of sulfonamides is 1. The summed E-state index contributed by atoms with van der Waals surface area (Å²) >= 11 is 1.61. The van der Waals surface area contributed by atoms with Crippen LogP contribution >= 0.6 is 11.8 Å². The van der Waals surface area contributed by atoms with E-state index < -0.39 is 19.9 Å². The Morgan fingerprint density at radius 2 is 2.23 bits per heavy atom. The van der Waals surface area contributed by atoms with Gasteiger partial charge in [0.25, 0.3) is 0 Å². The minimum absolute atomic E-state index is 0.0191. The summed E-state index contributed by atoms with van der Waals surface area (Å²) < 4.78 is 50.2. The standard InChI is InChI=1S/C13H18N2O4S3/c16-21(17)7-1-2-11(9-21)10-22(18,19)15-5-6-20-13-3-4-14-8-12(13)15/h3-4,8,11H,1-2,5-7,9-10H2. The maximum absolute atomic E-state index is 12.7. The van der Waals surface area contributed by atoms with Crippen LogP contribution in [0.3, 0.4) is 0 Å². The molecular weight excluding hydrogens is 344 g/mol. The summed E-state index contributed by atoms with van der Waals surface area (Å²) in [5, 5.41) is 0. The molecule has 1 fully saturated rings. The molecule has 0 amide bonds. The van der Waals surface area contributed by atoms with Gasteiger partial charge in [0.1, 0.15) is 0 Å². The van der Waals surface area contributed by atoms with Crippen molar-refractivity contribution in [3.8, 4) is 0 Å². The second-order valence-electron chi connectivity index (χ2n) is 5.67. The lowest BCUT2D eigenvalue weighted by Gasteiger charge is -2.31.